The second-order valence-corrected chi connectivity index (χ2v) is 10.1. The Hall–Kier alpha value is -3.36. The number of nitrogens with one attached hydrogen (secondary N) is 2. The van der Waals surface area contributed by atoms with Crippen LogP contribution in [0.4, 0.5) is 5.69 Å². The number of aromatic amines is 1. The Bertz CT molecular complexity index is 1380. The summed E-state index contributed by atoms with van der Waals surface area (Å²) in [4.78, 5) is 23.1. The van der Waals surface area contributed by atoms with Gasteiger partial charge in [0.25, 0.3) is 15.9 Å². The monoisotopic (exact) mass is 480 g/mol. The first-order valence-electron chi connectivity index (χ1n) is 10.5. The molecule has 168 valence electrons. The highest BCUT2D eigenvalue weighted by molar-refractivity contribution is 7.92. The fourth-order valence-corrected chi connectivity index (χ4v) is 5.28. The van der Waals surface area contributed by atoms with Crippen LogP contribution in [0.5, 0.6) is 0 Å². The number of likely N-dealkylation sites (tertiary alicyclic amines) is 1. The number of para-hydroxylation sites is 2. The number of imidazole rings is 1. The third-order valence-corrected chi connectivity index (χ3v) is 7.39. The van der Waals surface area contributed by atoms with E-state index in [1.165, 1.54) is 12.1 Å². The van der Waals surface area contributed by atoms with Crippen LogP contribution in [-0.4, -0.2) is 35.7 Å². The molecule has 5 rings (SSSR count). The predicted molar refractivity (Wildman–Crippen MR) is 128 cm³/mol. The van der Waals surface area contributed by atoms with Crippen LogP contribution < -0.4 is 4.72 Å². The highest BCUT2D eigenvalue weighted by atomic mass is 35.5. The maximum atomic E-state index is 13.2. The summed E-state index contributed by atoms with van der Waals surface area (Å²) in [6.45, 7) is 0.624. The minimum atomic E-state index is -3.79. The summed E-state index contributed by atoms with van der Waals surface area (Å²) in [6.07, 6.45) is 1.70. The molecule has 3 aromatic carbocycles. The quantitative estimate of drug-likeness (QED) is 0.420. The molecular weight excluding hydrogens is 460 g/mol. The van der Waals surface area contributed by atoms with Crippen molar-refractivity contribution >= 4 is 44.3 Å². The molecule has 2 N–H and O–H groups in total. The molecule has 1 aliphatic rings. The third kappa shape index (κ3) is 4.31. The molecule has 1 aliphatic heterocycles. The zero-order valence-corrected chi connectivity index (χ0v) is 19.1. The number of amides is 1. The van der Waals surface area contributed by atoms with Crippen LogP contribution in [0, 0.1) is 0 Å². The van der Waals surface area contributed by atoms with E-state index in [9.17, 15) is 13.2 Å². The highest BCUT2D eigenvalue weighted by Gasteiger charge is 2.32. The van der Waals surface area contributed by atoms with Gasteiger partial charge < -0.3 is 9.88 Å². The molecule has 4 aromatic rings. The summed E-state index contributed by atoms with van der Waals surface area (Å²) < 4.78 is 27.9. The smallest absolute Gasteiger partial charge is 0.261 e. The molecule has 0 radical (unpaired) electrons. The van der Waals surface area contributed by atoms with Crippen molar-refractivity contribution in [2.75, 3.05) is 11.3 Å². The molecule has 2 heterocycles. The van der Waals surface area contributed by atoms with Crippen LogP contribution in [0.15, 0.2) is 77.7 Å². The zero-order chi connectivity index (χ0) is 23.0. The molecule has 0 spiro atoms. The molecule has 1 fully saturated rings. The number of aromatic nitrogens is 2. The Morgan fingerprint density at radius 1 is 1.03 bits per heavy atom. The first-order valence-corrected chi connectivity index (χ1v) is 12.4. The molecule has 7 nitrogen and oxygen atoms in total. The topological polar surface area (TPSA) is 95.2 Å². The molecule has 1 atom stereocenters. The van der Waals surface area contributed by atoms with Gasteiger partial charge in [-0.3, -0.25) is 9.52 Å². The molecule has 0 bridgehead atoms. The zero-order valence-electron chi connectivity index (χ0n) is 17.5. The number of rotatable bonds is 5. The standard InChI is InChI=1S/C24H21ClN4O3S/c25-17-9-11-18(12-10-17)28-33(31,32)19-13-7-16(8-14-19)24(30)29-15-3-6-22(29)23-26-20-4-1-2-5-21(20)27-23/h1-2,4-5,7-14,22,28H,3,6,15H2,(H,26,27). The normalized spacial score (nSPS) is 16.3. The number of halogens is 1. The van der Waals surface area contributed by atoms with Crippen molar-refractivity contribution in [3.8, 4) is 0 Å². The van der Waals surface area contributed by atoms with Crippen molar-refractivity contribution in [1.82, 2.24) is 14.9 Å². The summed E-state index contributed by atoms with van der Waals surface area (Å²) in [6, 6.07) is 20.0. The van der Waals surface area contributed by atoms with Crippen LogP contribution in [0.1, 0.15) is 35.1 Å². The highest BCUT2D eigenvalue weighted by Crippen LogP contribution is 2.33. The molecule has 1 unspecified atom stereocenters. The Labute approximate surface area is 196 Å². The lowest BCUT2D eigenvalue weighted by atomic mass is 10.1. The van der Waals surface area contributed by atoms with Gasteiger partial charge in [0.1, 0.15) is 5.82 Å². The van der Waals surface area contributed by atoms with Gasteiger partial charge in [0, 0.05) is 22.8 Å². The molecule has 1 aromatic heterocycles. The number of nitrogens with zero attached hydrogens (tertiary/aromatic N) is 2. The van der Waals surface area contributed by atoms with Crippen LogP contribution in [0.3, 0.4) is 0 Å². The van der Waals surface area contributed by atoms with Gasteiger partial charge in [-0.05, 0) is 73.5 Å². The van der Waals surface area contributed by atoms with Gasteiger partial charge >= 0.3 is 0 Å². The third-order valence-electron chi connectivity index (χ3n) is 5.74. The van der Waals surface area contributed by atoms with Crippen molar-refractivity contribution in [3.63, 3.8) is 0 Å². The number of sulfonamides is 1. The Morgan fingerprint density at radius 3 is 2.48 bits per heavy atom. The summed E-state index contributed by atoms with van der Waals surface area (Å²) >= 11 is 5.85. The molecule has 1 amide bonds. The van der Waals surface area contributed by atoms with Gasteiger partial charge in [-0.15, -0.1) is 0 Å². The number of fused-ring (bicyclic) bond motifs is 1. The van der Waals surface area contributed by atoms with Crippen molar-refractivity contribution in [1.29, 1.82) is 0 Å². The van der Waals surface area contributed by atoms with Crippen molar-refractivity contribution in [2.45, 2.75) is 23.8 Å². The fraction of sp³-hybridized carbons (Fsp3) is 0.167. The second-order valence-electron chi connectivity index (χ2n) is 7.93. The Kier molecular flexibility index (Phi) is 5.55. The Balaban J connectivity index is 1.35. The van der Waals surface area contributed by atoms with Gasteiger partial charge in [-0.1, -0.05) is 23.7 Å². The lowest BCUT2D eigenvalue weighted by molar-refractivity contribution is 0.0730. The number of H-pyrrole nitrogens is 1. The van der Waals surface area contributed by atoms with Gasteiger partial charge in [0.2, 0.25) is 0 Å². The van der Waals surface area contributed by atoms with Gasteiger partial charge in [0.05, 0.1) is 22.0 Å². The minimum absolute atomic E-state index is 0.0734. The van der Waals surface area contributed by atoms with Crippen LogP contribution in [0.25, 0.3) is 11.0 Å². The van der Waals surface area contributed by atoms with Crippen molar-refractivity contribution in [2.24, 2.45) is 0 Å². The van der Waals surface area contributed by atoms with Gasteiger partial charge in [-0.2, -0.15) is 0 Å². The number of hydrogen-bond donors (Lipinski definition) is 2. The first kappa shape index (κ1) is 21.5. The van der Waals surface area contributed by atoms with Gasteiger partial charge in [0.15, 0.2) is 0 Å². The summed E-state index contributed by atoms with van der Waals surface area (Å²) in [7, 11) is -3.79. The summed E-state index contributed by atoms with van der Waals surface area (Å²) in [5, 5.41) is 0.517. The second kappa shape index (κ2) is 8.53. The van der Waals surface area contributed by atoms with E-state index in [0.717, 1.165) is 29.7 Å². The van der Waals surface area contributed by atoms with Crippen molar-refractivity contribution in [3.05, 3.63) is 89.2 Å². The van der Waals surface area contributed by atoms with Crippen LogP contribution in [0.2, 0.25) is 5.02 Å². The fourth-order valence-electron chi connectivity index (χ4n) is 4.10. The average Bonchev–Trinajstić information content (AvgIpc) is 3.47. The average molecular weight is 481 g/mol. The SMILES string of the molecule is O=C(c1ccc(S(=O)(=O)Nc2ccc(Cl)cc2)cc1)N1CCCC1c1nc2ccccc2[nH]1. The molecule has 1 saturated heterocycles. The van der Waals surface area contributed by atoms with E-state index in [1.807, 2.05) is 24.3 Å². The number of anilines is 1. The van der Waals surface area contributed by atoms with Crippen molar-refractivity contribution < 1.29 is 13.2 Å². The lowest BCUT2D eigenvalue weighted by Crippen LogP contribution is -2.31. The van der Waals surface area contributed by atoms with E-state index in [2.05, 4.69) is 14.7 Å². The van der Waals surface area contributed by atoms with E-state index in [0.29, 0.717) is 22.8 Å². The van der Waals surface area contributed by atoms with E-state index >= 15 is 0 Å². The maximum absolute atomic E-state index is 13.2. The maximum Gasteiger partial charge on any atom is 0.261 e. The van der Waals surface area contributed by atoms with E-state index < -0.39 is 10.0 Å². The van der Waals surface area contributed by atoms with Crippen LogP contribution >= 0.6 is 11.6 Å². The molecule has 0 saturated carbocycles. The molecular formula is C24H21ClN4O3S. The largest absolute Gasteiger partial charge is 0.340 e. The predicted octanol–water partition coefficient (Wildman–Crippen LogP) is 4.99. The lowest BCUT2D eigenvalue weighted by Gasteiger charge is -2.23. The Morgan fingerprint density at radius 2 is 1.76 bits per heavy atom. The summed E-state index contributed by atoms with van der Waals surface area (Å²) in [5.41, 5.74) is 2.65. The van der Waals surface area contributed by atoms with Crippen LogP contribution in [-0.2, 0) is 10.0 Å². The summed E-state index contributed by atoms with van der Waals surface area (Å²) in [5.74, 6) is 0.626. The van der Waals surface area contributed by atoms with E-state index in [-0.39, 0.29) is 16.8 Å². The number of carbonyl (C=O) groups excluding carboxylic acids is 1. The number of hydrogen-bond acceptors (Lipinski definition) is 4. The molecule has 0 aliphatic carbocycles. The van der Waals surface area contributed by atoms with E-state index in [1.54, 1.807) is 41.3 Å². The molecule has 33 heavy (non-hydrogen) atoms. The number of benzene rings is 3. The molecule has 9 heteroatoms. The van der Waals surface area contributed by atoms with Gasteiger partial charge in [-0.25, -0.2) is 13.4 Å². The number of carbonyl (C=O) groups is 1. The van der Waals surface area contributed by atoms with E-state index in [4.69, 9.17) is 11.6 Å². The minimum Gasteiger partial charge on any atom is -0.340 e. The first-order chi connectivity index (χ1) is 15.9.